The van der Waals surface area contributed by atoms with E-state index in [1.54, 1.807) is 11.9 Å². The SMILES string of the molecule is c1ccc(SNC2CCCC2)cc1. The molecule has 1 saturated carbocycles. The van der Waals surface area contributed by atoms with E-state index in [0.717, 1.165) is 6.04 Å². The zero-order valence-corrected chi connectivity index (χ0v) is 8.52. The Morgan fingerprint density at radius 1 is 1.08 bits per heavy atom. The minimum atomic E-state index is 0.741. The number of benzene rings is 1. The van der Waals surface area contributed by atoms with Crippen molar-refractivity contribution in [3.05, 3.63) is 30.3 Å². The van der Waals surface area contributed by atoms with Crippen LogP contribution in [0.2, 0.25) is 0 Å². The van der Waals surface area contributed by atoms with Crippen molar-refractivity contribution in [2.24, 2.45) is 0 Å². The summed E-state index contributed by atoms with van der Waals surface area (Å²) in [7, 11) is 0. The van der Waals surface area contributed by atoms with Gasteiger partial charge in [0.1, 0.15) is 0 Å². The Kier molecular flexibility index (Phi) is 3.27. The van der Waals surface area contributed by atoms with Crippen LogP contribution in [0.4, 0.5) is 0 Å². The van der Waals surface area contributed by atoms with E-state index in [9.17, 15) is 0 Å². The van der Waals surface area contributed by atoms with Crippen molar-refractivity contribution in [3.63, 3.8) is 0 Å². The van der Waals surface area contributed by atoms with Crippen LogP contribution in [0.15, 0.2) is 35.2 Å². The van der Waals surface area contributed by atoms with Gasteiger partial charge >= 0.3 is 0 Å². The predicted octanol–water partition coefficient (Wildman–Crippen LogP) is 3.23. The second-order valence-corrected chi connectivity index (χ2v) is 4.43. The lowest BCUT2D eigenvalue weighted by Gasteiger charge is -2.09. The van der Waals surface area contributed by atoms with Crippen molar-refractivity contribution in [1.29, 1.82) is 0 Å². The van der Waals surface area contributed by atoms with Crippen molar-refractivity contribution in [3.8, 4) is 0 Å². The van der Waals surface area contributed by atoms with E-state index in [2.05, 4.69) is 35.1 Å². The van der Waals surface area contributed by atoms with Gasteiger partial charge < -0.3 is 0 Å². The Bertz CT molecular complexity index is 242. The lowest BCUT2D eigenvalue weighted by molar-refractivity contribution is 0.657. The quantitative estimate of drug-likeness (QED) is 0.740. The summed E-state index contributed by atoms with van der Waals surface area (Å²) in [5, 5.41) is 0. The molecule has 13 heavy (non-hydrogen) atoms. The number of hydrogen-bond donors (Lipinski definition) is 1. The van der Waals surface area contributed by atoms with Crippen LogP contribution in [0.25, 0.3) is 0 Å². The molecule has 1 aromatic carbocycles. The highest BCUT2D eigenvalue weighted by molar-refractivity contribution is 7.97. The first-order chi connectivity index (χ1) is 6.45. The summed E-state index contributed by atoms with van der Waals surface area (Å²) in [4.78, 5) is 1.31. The van der Waals surface area contributed by atoms with Gasteiger partial charge in [0.2, 0.25) is 0 Å². The van der Waals surface area contributed by atoms with Gasteiger partial charge in [-0.15, -0.1) is 0 Å². The molecule has 1 fully saturated rings. The van der Waals surface area contributed by atoms with Crippen LogP contribution in [0.5, 0.6) is 0 Å². The highest BCUT2D eigenvalue weighted by Crippen LogP contribution is 2.22. The van der Waals surface area contributed by atoms with E-state index in [1.165, 1.54) is 30.6 Å². The molecule has 1 aliphatic carbocycles. The first-order valence-electron chi connectivity index (χ1n) is 4.92. The molecule has 0 spiro atoms. The van der Waals surface area contributed by atoms with Crippen LogP contribution in [0, 0.1) is 0 Å². The molecule has 70 valence electrons. The maximum atomic E-state index is 3.51. The Labute approximate surface area is 84.1 Å². The molecular weight excluding hydrogens is 178 g/mol. The molecule has 0 aliphatic heterocycles. The van der Waals surface area contributed by atoms with Crippen molar-refractivity contribution >= 4 is 11.9 Å². The maximum absolute atomic E-state index is 3.51. The lowest BCUT2D eigenvalue weighted by atomic mass is 10.3. The van der Waals surface area contributed by atoms with Gasteiger partial charge in [0.05, 0.1) is 0 Å². The number of rotatable bonds is 3. The fraction of sp³-hybridized carbons (Fsp3) is 0.455. The van der Waals surface area contributed by atoms with E-state index >= 15 is 0 Å². The molecule has 1 N–H and O–H groups in total. The van der Waals surface area contributed by atoms with Crippen LogP contribution in [-0.4, -0.2) is 6.04 Å². The Balaban J connectivity index is 1.79. The molecular formula is C11H15NS. The van der Waals surface area contributed by atoms with Crippen molar-refractivity contribution in [2.45, 2.75) is 36.6 Å². The Hall–Kier alpha value is -0.470. The minimum Gasteiger partial charge on any atom is -0.257 e. The van der Waals surface area contributed by atoms with E-state index in [0.29, 0.717) is 0 Å². The molecule has 0 saturated heterocycles. The average molecular weight is 193 g/mol. The third kappa shape index (κ3) is 2.75. The van der Waals surface area contributed by atoms with Crippen LogP contribution in [0.1, 0.15) is 25.7 Å². The first-order valence-corrected chi connectivity index (χ1v) is 5.74. The maximum Gasteiger partial charge on any atom is 0.0228 e. The minimum absolute atomic E-state index is 0.741. The highest BCUT2D eigenvalue weighted by atomic mass is 32.2. The summed E-state index contributed by atoms with van der Waals surface area (Å²) in [5.74, 6) is 0. The molecule has 0 amide bonds. The van der Waals surface area contributed by atoms with Crippen molar-refractivity contribution in [1.82, 2.24) is 4.72 Å². The fourth-order valence-electron chi connectivity index (χ4n) is 1.68. The molecule has 1 aliphatic rings. The van der Waals surface area contributed by atoms with Crippen LogP contribution in [0.3, 0.4) is 0 Å². The topological polar surface area (TPSA) is 12.0 Å². The van der Waals surface area contributed by atoms with Crippen LogP contribution >= 0.6 is 11.9 Å². The molecule has 0 aromatic heterocycles. The third-order valence-electron chi connectivity index (χ3n) is 2.44. The largest absolute Gasteiger partial charge is 0.257 e. The van der Waals surface area contributed by atoms with Gasteiger partial charge in [-0.25, -0.2) is 0 Å². The average Bonchev–Trinajstić information content (AvgIpc) is 2.69. The molecule has 1 nitrogen and oxygen atoms in total. The van der Waals surface area contributed by atoms with E-state index in [4.69, 9.17) is 0 Å². The molecule has 0 atom stereocenters. The van der Waals surface area contributed by atoms with Gasteiger partial charge in [-0.3, -0.25) is 4.72 Å². The molecule has 0 bridgehead atoms. The molecule has 2 heteroatoms. The zero-order chi connectivity index (χ0) is 8.93. The standard InChI is InChI=1S/C11H15NS/c1-2-8-11(9-3-1)13-12-10-6-4-5-7-10/h1-3,8-10,12H,4-7H2. The van der Waals surface area contributed by atoms with Gasteiger partial charge in [-0.05, 0) is 36.9 Å². The molecule has 0 radical (unpaired) electrons. The summed E-state index contributed by atoms with van der Waals surface area (Å²) in [5.41, 5.74) is 0. The Morgan fingerprint density at radius 2 is 1.77 bits per heavy atom. The molecule has 0 heterocycles. The molecule has 0 unspecified atom stereocenters. The van der Waals surface area contributed by atoms with Gasteiger partial charge in [0, 0.05) is 10.9 Å². The Morgan fingerprint density at radius 3 is 2.46 bits per heavy atom. The summed E-state index contributed by atoms with van der Waals surface area (Å²) >= 11 is 1.77. The molecule has 2 rings (SSSR count). The summed E-state index contributed by atoms with van der Waals surface area (Å²) in [6.07, 6.45) is 5.49. The molecule has 1 aromatic rings. The third-order valence-corrected chi connectivity index (χ3v) is 3.40. The number of hydrogen-bond acceptors (Lipinski definition) is 2. The van der Waals surface area contributed by atoms with E-state index in [-0.39, 0.29) is 0 Å². The predicted molar refractivity (Wildman–Crippen MR) is 57.7 cm³/mol. The first kappa shape index (κ1) is 9.10. The zero-order valence-electron chi connectivity index (χ0n) is 7.70. The van der Waals surface area contributed by atoms with Crippen LogP contribution < -0.4 is 4.72 Å². The monoisotopic (exact) mass is 193 g/mol. The lowest BCUT2D eigenvalue weighted by Crippen LogP contribution is -2.18. The van der Waals surface area contributed by atoms with Crippen molar-refractivity contribution < 1.29 is 0 Å². The van der Waals surface area contributed by atoms with Gasteiger partial charge in [-0.1, -0.05) is 31.0 Å². The van der Waals surface area contributed by atoms with Gasteiger partial charge in [0.15, 0.2) is 0 Å². The number of nitrogens with one attached hydrogen (secondary N) is 1. The normalized spacial score (nSPS) is 17.8. The van der Waals surface area contributed by atoms with Crippen molar-refractivity contribution in [2.75, 3.05) is 0 Å². The summed E-state index contributed by atoms with van der Waals surface area (Å²) in [6.45, 7) is 0. The summed E-state index contributed by atoms with van der Waals surface area (Å²) in [6, 6.07) is 11.3. The highest BCUT2D eigenvalue weighted by Gasteiger charge is 2.13. The van der Waals surface area contributed by atoms with E-state index < -0.39 is 0 Å². The van der Waals surface area contributed by atoms with Crippen LogP contribution in [-0.2, 0) is 0 Å². The fourth-order valence-corrected chi connectivity index (χ4v) is 2.52. The van der Waals surface area contributed by atoms with E-state index in [1.807, 2.05) is 0 Å². The smallest absolute Gasteiger partial charge is 0.0228 e. The van der Waals surface area contributed by atoms with Gasteiger partial charge in [-0.2, -0.15) is 0 Å². The summed E-state index contributed by atoms with van der Waals surface area (Å²) < 4.78 is 3.51. The second kappa shape index (κ2) is 4.68. The van der Waals surface area contributed by atoms with Gasteiger partial charge in [0.25, 0.3) is 0 Å². The second-order valence-electron chi connectivity index (χ2n) is 3.51.